The van der Waals surface area contributed by atoms with Gasteiger partial charge in [0.05, 0.1) is 10.6 Å². The lowest BCUT2D eigenvalue weighted by Crippen LogP contribution is -2.15. The average Bonchev–Trinajstić information content (AvgIpc) is 2.71. The predicted molar refractivity (Wildman–Crippen MR) is 128 cm³/mol. The van der Waals surface area contributed by atoms with Gasteiger partial charge in [0.2, 0.25) is 5.91 Å². The van der Waals surface area contributed by atoms with Gasteiger partial charge in [-0.05, 0) is 60.2 Å². The van der Waals surface area contributed by atoms with E-state index in [4.69, 9.17) is 11.6 Å². The van der Waals surface area contributed by atoms with Crippen molar-refractivity contribution in [1.29, 1.82) is 0 Å². The summed E-state index contributed by atoms with van der Waals surface area (Å²) in [5.41, 5.74) is 1.97. The molecule has 0 atom stereocenters. The van der Waals surface area contributed by atoms with Crippen molar-refractivity contribution in [2.45, 2.75) is 10.6 Å². The first-order valence-electron chi connectivity index (χ1n) is 8.83. The van der Waals surface area contributed by atoms with Crippen molar-refractivity contribution in [3.8, 4) is 0 Å². The number of carbonyl (C=O) groups is 1. The van der Waals surface area contributed by atoms with E-state index in [2.05, 4.69) is 26.0 Å². The van der Waals surface area contributed by atoms with Gasteiger partial charge in [-0.25, -0.2) is 8.42 Å². The molecule has 9 heteroatoms. The van der Waals surface area contributed by atoms with Gasteiger partial charge in [0.15, 0.2) is 0 Å². The van der Waals surface area contributed by atoms with E-state index in [9.17, 15) is 13.2 Å². The number of halogens is 2. The summed E-state index contributed by atoms with van der Waals surface area (Å²) in [6.07, 6.45) is 0. The third-order valence-corrected chi connectivity index (χ3v) is 7.27. The van der Waals surface area contributed by atoms with Gasteiger partial charge in [-0.3, -0.25) is 9.52 Å². The number of rotatable bonds is 8. The van der Waals surface area contributed by atoms with E-state index in [1.54, 1.807) is 36.4 Å². The monoisotopic (exact) mass is 524 g/mol. The summed E-state index contributed by atoms with van der Waals surface area (Å²) in [7, 11) is -3.71. The third-order valence-electron chi connectivity index (χ3n) is 3.99. The Hall–Kier alpha value is -2.00. The number of sulfonamides is 1. The quantitative estimate of drug-likeness (QED) is 0.391. The van der Waals surface area contributed by atoms with Crippen LogP contribution in [0.2, 0.25) is 5.02 Å². The fourth-order valence-electron chi connectivity index (χ4n) is 2.52. The molecule has 156 valence electrons. The van der Waals surface area contributed by atoms with E-state index in [0.717, 1.165) is 10.0 Å². The molecule has 0 fully saturated rings. The molecule has 2 N–H and O–H groups in total. The Balaban J connectivity index is 1.54. The van der Waals surface area contributed by atoms with Crippen LogP contribution in [0.25, 0.3) is 0 Å². The fraction of sp³-hybridized carbons (Fsp3) is 0.0952. The number of amides is 1. The van der Waals surface area contributed by atoms with Crippen LogP contribution in [-0.2, 0) is 20.6 Å². The second kappa shape index (κ2) is 10.3. The lowest BCUT2D eigenvalue weighted by molar-refractivity contribution is -0.113. The number of nitrogens with one attached hydrogen (secondary N) is 2. The Morgan fingerprint density at radius 3 is 2.23 bits per heavy atom. The molecule has 0 heterocycles. The molecule has 3 rings (SSSR count). The maximum Gasteiger partial charge on any atom is 0.261 e. The van der Waals surface area contributed by atoms with Crippen LogP contribution in [0.4, 0.5) is 11.4 Å². The average molecular weight is 526 g/mol. The Labute approximate surface area is 193 Å². The first-order chi connectivity index (χ1) is 14.3. The molecule has 1 amide bonds. The van der Waals surface area contributed by atoms with Crippen LogP contribution in [0.3, 0.4) is 0 Å². The molecule has 0 bridgehead atoms. The highest BCUT2D eigenvalue weighted by Crippen LogP contribution is 2.22. The van der Waals surface area contributed by atoms with Crippen LogP contribution < -0.4 is 10.0 Å². The Kier molecular flexibility index (Phi) is 7.82. The van der Waals surface area contributed by atoms with Crippen molar-refractivity contribution in [1.82, 2.24) is 0 Å². The Morgan fingerprint density at radius 1 is 0.933 bits per heavy atom. The van der Waals surface area contributed by atoms with Crippen molar-refractivity contribution in [3.63, 3.8) is 0 Å². The van der Waals surface area contributed by atoms with Gasteiger partial charge in [-0.1, -0.05) is 45.7 Å². The van der Waals surface area contributed by atoms with Crippen molar-refractivity contribution in [3.05, 3.63) is 87.9 Å². The summed E-state index contributed by atoms with van der Waals surface area (Å²) in [6.45, 7) is 0. The molecule has 0 unspecified atom stereocenters. The van der Waals surface area contributed by atoms with E-state index in [-0.39, 0.29) is 16.6 Å². The molecule has 0 aromatic heterocycles. The largest absolute Gasteiger partial charge is 0.325 e. The molecule has 0 radical (unpaired) electrons. The number of benzene rings is 3. The van der Waals surface area contributed by atoms with Gasteiger partial charge in [0.1, 0.15) is 0 Å². The summed E-state index contributed by atoms with van der Waals surface area (Å²) in [6, 6.07) is 20.4. The minimum atomic E-state index is -3.71. The van der Waals surface area contributed by atoms with Crippen LogP contribution >= 0.6 is 39.3 Å². The zero-order valence-electron chi connectivity index (χ0n) is 15.6. The maximum atomic E-state index is 12.5. The van der Waals surface area contributed by atoms with Crippen LogP contribution in [0.15, 0.2) is 82.2 Å². The van der Waals surface area contributed by atoms with Crippen molar-refractivity contribution in [2.24, 2.45) is 0 Å². The molecule has 5 nitrogen and oxygen atoms in total. The first kappa shape index (κ1) is 22.7. The molecular weight excluding hydrogens is 508 g/mol. The molecular formula is C21H18BrClN2O3S2. The smallest absolute Gasteiger partial charge is 0.261 e. The highest BCUT2D eigenvalue weighted by Gasteiger charge is 2.14. The minimum Gasteiger partial charge on any atom is -0.325 e. The standard InChI is InChI=1S/C21H18BrClN2O3S2/c22-16-5-7-18(8-6-16)25-30(27,28)19-11-9-17(10-12-19)24-21(26)14-29-13-15-3-1-2-4-20(15)23/h1-12,25H,13-14H2,(H,24,26). The third kappa shape index (κ3) is 6.50. The second-order valence-corrected chi connectivity index (χ2v) is 10.3. The zero-order chi connectivity index (χ0) is 21.6. The minimum absolute atomic E-state index is 0.108. The lowest BCUT2D eigenvalue weighted by atomic mass is 10.2. The number of thioether (sulfide) groups is 1. The number of carbonyl (C=O) groups excluding carboxylic acids is 1. The lowest BCUT2D eigenvalue weighted by Gasteiger charge is -2.10. The molecule has 3 aromatic carbocycles. The number of hydrogen-bond acceptors (Lipinski definition) is 4. The van der Waals surface area contributed by atoms with E-state index in [1.807, 2.05) is 24.3 Å². The fourth-order valence-corrected chi connectivity index (χ4v) is 4.95. The second-order valence-electron chi connectivity index (χ2n) is 6.27. The Morgan fingerprint density at radius 2 is 1.57 bits per heavy atom. The van der Waals surface area contributed by atoms with Gasteiger partial charge in [-0.15, -0.1) is 11.8 Å². The van der Waals surface area contributed by atoms with Crippen LogP contribution in [0.5, 0.6) is 0 Å². The topological polar surface area (TPSA) is 75.3 Å². The molecule has 0 aliphatic heterocycles. The molecule has 3 aromatic rings. The van der Waals surface area contributed by atoms with Crippen LogP contribution in [0, 0.1) is 0 Å². The maximum absolute atomic E-state index is 12.5. The van der Waals surface area contributed by atoms with Crippen LogP contribution in [0.1, 0.15) is 5.56 Å². The molecule has 0 spiro atoms. The SMILES string of the molecule is O=C(CSCc1ccccc1Cl)Nc1ccc(S(=O)(=O)Nc2ccc(Br)cc2)cc1. The summed E-state index contributed by atoms with van der Waals surface area (Å²) in [5, 5.41) is 3.44. The van der Waals surface area contributed by atoms with Crippen molar-refractivity contribution in [2.75, 3.05) is 15.8 Å². The van der Waals surface area contributed by atoms with Gasteiger partial charge < -0.3 is 5.32 Å². The van der Waals surface area contributed by atoms with E-state index >= 15 is 0 Å². The van der Waals surface area contributed by atoms with Crippen LogP contribution in [-0.4, -0.2) is 20.1 Å². The highest BCUT2D eigenvalue weighted by molar-refractivity contribution is 9.10. The molecule has 0 aliphatic carbocycles. The molecule has 0 saturated carbocycles. The zero-order valence-corrected chi connectivity index (χ0v) is 19.6. The summed E-state index contributed by atoms with van der Waals surface area (Å²) >= 11 is 10.9. The summed E-state index contributed by atoms with van der Waals surface area (Å²) in [4.78, 5) is 12.2. The van der Waals surface area contributed by atoms with E-state index in [1.165, 1.54) is 23.9 Å². The summed E-state index contributed by atoms with van der Waals surface area (Å²) in [5.74, 6) is 0.721. The van der Waals surface area contributed by atoms with Gasteiger partial charge in [0.25, 0.3) is 10.0 Å². The van der Waals surface area contributed by atoms with Crippen molar-refractivity contribution >= 4 is 66.6 Å². The molecule has 0 aliphatic rings. The van der Waals surface area contributed by atoms with Crippen molar-refractivity contribution < 1.29 is 13.2 Å². The molecule has 0 saturated heterocycles. The number of anilines is 2. The Bertz CT molecular complexity index is 1120. The van der Waals surface area contributed by atoms with E-state index < -0.39 is 10.0 Å². The molecule has 30 heavy (non-hydrogen) atoms. The summed E-state index contributed by atoms with van der Waals surface area (Å²) < 4.78 is 28.4. The number of hydrogen-bond donors (Lipinski definition) is 2. The van der Waals surface area contributed by atoms with Gasteiger partial charge in [-0.2, -0.15) is 0 Å². The van der Waals surface area contributed by atoms with Gasteiger partial charge in [0, 0.05) is 26.6 Å². The van der Waals surface area contributed by atoms with Gasteiger partial charge >= 0.3 is 0 Å². The highest BCUT2D eigenvalue weighted by atomic mass is 79.9. The normalized spacial score (nSPS) is 11.1. The predicted octanol–water partition coefficient (Wildman–Crippen LogP) is 5.78. The van der Waals surface area contributed by atoms with E-state index in [0.29, 0.717) is 22.2 Å². The first-order valence-corrected chi connectivity index (χ1v) is 12.6.